The monoisotopic (exact) mass is 269 g/mol. The molecule has 2 rings (SSSR count). The van der Waals surface area contributed by atoms with Gasteiger partial charge < -0.3 is 4.90 Å². The molecule has 82 valence electrons. The smallest absolute Gasteiger partial charge is 0.225 e. The second-order valence-corrected chi connectivity index (χ2v) is 5.15. The zero-order valence-electron chi connectivity index (χ0n) is 9.20. The van der Waals surface area contributed by atoms with Gasteiger partial charge in [-0.25, -0.2) is 9.97 Å². The number of hydrogen-bond donors (Lipinski definition) is 0. The van der Waals surface area contributed by atoms with Crippen LogP contribution in [0.5, 0.6) is 0 Å². The number of piperidine rings is 1. The zero-order valence-corrected chi connectivity index (χ0v) is 10.8. The van der Waals surface area contributed by atoms with Crippen LogP contribution >= 0.6 is 15.9 Å². The van der Waals surface area contributed by atoms with Crippen molar-refractivity contribution in [2.24, 2.45) is 5.92 Å². The SMILES string of the molecule is Cc1nc(N2CCCC(C)C2)ncc1Br. The van der Waals surface area contributed by atoms with Crippen molar-refractivity contribution in [1.82, 2.24) is 9.97 Å². The van der Waals surface area contributed by atoms with Crippen LogP contribution in [-0.2, 0) is 0 Å². The molecule has 1 fully saturated rings. The van der Waals surface area contributed by atoms with Crippen LogP contribution in [0.1, 0.15) is 25.5 Å². The lowest BCUT2D eigenvalue weighted by Gasteiger charge is -2.30. The van der Waals surface area contributed by atoms with Crippen LogP contribution in [0.15, 0.2) is 10.7 Å². The van der Waals surface area contributed by atoms with Crippen molar-refractivity contribution in [3.8, 4) is 0 Å². The Bertz CT molecular complexity index is 354. The topological polar surface area (TPSA) is 29.0 Å². The summed E-state index contributed by atoms with van der Waals surface area (Å²) in [6.07, 6.45) is 4.42. The van der Waals surface area contributed by atoms with Gasteiger partial charge >= 0.3 is 0 Å². The van der Waals surface area contributed by atoms with Gasteiger partial charge in [0.15, 0.2) is 0 Å². The molecule has 0 bridgehead atoms. The summed E-state index contributed by atoms with van der Waals surface area (Å²) >= 11 is 3.42. The molecule has 0 aromatic carbocycles. The van der Waals surface area contributed by atoms with Crippen molar-refractivity contribution in [3.05, 3.63) is 16.4 Å². The zero-order chi connectivity index (χ0) is 10.8. The second kappa shape index (κ2) is 4.47. The maximum atomic E-state index is 4.50. The van der Waals surface area contributed by atoms with Gasteiger partial charge in [-0.1, -0.05) is 6.92 Å². The molecule has 2 heterocycles. The predicted molar refractivity (Wildman–Crippen MR) is 65.1 cm³/mol. The fourth-order valence-corrected chi connectivity index (χ4v) is 2.15. The molecule has 0 saturated carbocycles. The van der Waals surface area contributed by atoms with E-state index in [9.17, 15) is 0 Å². The Labute approximate surface area is 99.0 Å². The Balaban J connectivity index is 2.18. The predicted octanol–water partition coefficient (Wildman–Crippen LogP) is 2.78. The Morgan fingerprint density at radius 3 is 3.00 bits per heavy atom. The highest BCUT2D eigenvalue weighted by Crippen LogP contribution is 2.21. The summed E-state index contributed by atoms with van der Waals surface area (Å²) in [7, 11) is 0. The number of rotatable bonds is 1. The minimum Gasteiger partial charge on any atom is -0.341 e. The van der Waals surface area contributed by atoms with E-state index in [1.807, 2.05) is 13.1 Å². The average Bonchev–Trinajstić information content (AvgIpc) is 2.22. The van der Waals surface area contributed by atoms with Crippen LogP contribution in [0, 0.1) is 12.8 Å². The van der Waals surface area contributed by atoms with Crippen LogP contribution < -0.4 is 4.90 Å². The van der Waals surface area contributed by atoms with E-state index in [0.717, 1.165) is 35.1 Å². The third kappa shape index (κ3) is 2.48. The molecule has 1 aromatic rings. The molecule has 1 atom stereocenters. The van der Waals surface area contributed by atoms with Crippen LogP contribution in [0.3, 0.4) is 0 Å². The molecule has 1 saturated heterocycles. The van der Waals surface area contributed by atoms with Gasteiger partial charge in [-0.15, -0.1) is 0 Å². The van der Waals surface area contributed by atoms with Crippen LogP contribution in [0.4, 0.5) is 5.95 Å². The normalized spacial score (nSPS) is 21.8. The molecule has 4 heteroatoms. The van der Waals surface area contributed by atoms with E-state index in [-0.39, 0.29) is 0 Å². The van der Waals surface area contributed by atoms with Gasteiger partial charge in [0.2, 0.25) is 5.95 Å². The van der Waals surface area contributed by atoms with Crippen molar-refractivity contribution in [2.75, 3.05) is 18.0 Å². The first-order valence-electron chi connectivity index (χ1n) is 5.41. The van der Waals surface area contributed by atoms with Gasteiger partial charge in [0, 0.05) is 19.3 Å². The van der Waals surface area contributed by atoms with Crippen molar-refractivity contribution in [3.63, 3.8) is 0 Å². The fourth-order valence-electron chi connectivity index (χ4n) is 1.96. The lowest BCUT2D eigenvalue weighted by molar-refractivity contribution is 0.441. The largest absolute Gasteiger partial charge is 0.341 e. The molecular weight excluding hydrogens is 254 g/mol. The second-order valence-electron chi connectivity index (χ2n) is 4.30. The quantitative estimate of drug-likeness (QED) is 0.785. The van der Waals surface area contributed by atoms with Gasteiger partial charge in [0.05, 0.1) is 10.2 Å². The number of aryl methyl sites for hydroxylation is 1. The Morgan fingerprint density at radius 2 is 2.33 bits per heavy atom. The van der Waals surface area contributed by atoms with Gasteiger partial charge in [0.25, 0.3) is 0 Å². The number of nitrogens with zero attached hydrogens (tertiary/aromatic N) is 3. The molecule has 3 nitrogen and oxygen atoms in total. The van der Waals surface area contributed by atoms with Crippen molar-refractivity contribution in [1.29, 1.82) is 0 Å². The molecule has 1 aliphatic heterocycles. The van der Waals surface area contributed by atoms with E-state index in [1.165, 1.54) is 12.8 Å². The maximum Gasteiger partial charge on any atom is 0.225 e. The van der Waals surface area contributed by atoms with Crippen molar-refractivity contribution < 1.29 is 0 Å². The average molecular weight is 270 g/mol. The number of hydrogen-bond acceptors (Lipinski definition) is 3. The summed E-state index contributed by atoms with van der Waals surface area (Å²) in [6.45, 7) is 6.47. The summed E-state index contributed by atoms with van der Waals surface area (Å²) in [4.78, 5) is 11.1. The lowest BCUT2D eigenvalue weighted by atomic mass is 10.0. The third-order valence-corrected chi connectivity index (χ3v) is 3.63. The van der Waals surface area contributed by atoms with Gasteiger partial charge in [-0.05, 0) is 41.6 Å². The van der Waals surface area contributed by atoms with Gasteiger partial charge in [-0.3, -0.25) is 0 Å². The fraction of sp³-hybridized carbons (Fsp3) is 0.636. The molecule has 0 amide bonds. The molecule has 1 unspecified atom stereocenters. The summed E-state index contributed by atoms with van der Waals surface area (Å²) < 4.78 is 0.983. The van der Waals surface area contributed by atoms with Crippen LogP contribution in [0.25, 0.3) is 0 Å². The highest BCUT2D eigenvalue weighted by Gasteiger charge is 2.18. The van der Waals surface area contributed by atoms with Crippen molar-refractivity contribution >= 4 is 21.9 Å². The highest BCUT2D eigenvalue weighted by molar-refractivity contribution is 9.10. The molecule has 0 radical (unpaired) electrons. The Hall–Kier alpha value is -0.640. The molecule has 0 aliphatic carbocycles. The summed E-state index contributed by atoms with van der Waals surface area (Å²) in [5, 5.41) is 0. The first-order valence-corrected chi connectivity index (χ1v) is 6.20. The Morgan fingerprint density at radius 1 is 1.53 bits per heavy atom. The van der Waals surface area contributed by atoms with Crippen LogP contribution in [-0.4, -0.2) is 23.1 Å². The molecular formula is C11H16BrN3. The summed E-state index contributed by atoms with van der Waals surface area (Å²) in [5.41, 5.74) is 1.01. The lowest BCUT2D eigenvalue weighted by Crippen LogP contribution is -2.35. The molecule has 1 aliphatic rings. The third-order valence-electron chi connectivity index (χ3n) is 2.85. The molecule has 15 heavy (non-hydrogen) atoms. The van der Waals surface area contributed by atoms with E-state index >= 15 is 0 Å². The van der Waals surface area contributed by atoms with Gasteiger partial charge in [0.1, 0.15) is 0 Å². The van der Waals surface area contributed by atoms with Crippen molar-refractivity contribution in [2.45, 2.75) is 26.7 Å². The van der Waals surface area contributed by atoms with E-state index in [4.69, 9.17) is 0 Å². The number of halogens is 1. The Kier molecular flexibility index (Phi) is 3.24. The first-order chi connectivity index (χ1) is 7.16. The molecule has 0 N–H and O–H groups in total. The molecule has 0 spiro atoms. The van der Waals surface area contributed by atoms with Gasteiger partial charge in [-0.2, -0.15) is 0 Å². The molecule has 1 aromatic heterocycles. The van der Waals surface area contributed by atoms with E-state index < -0.39 is 0 Å². The van der Waals surface area contributed by atoms with E-state index in [0.29, 0.717) is 0 Å². The van der Waals surface area contributed by atoms with E-state index in [1.54, 1.807) is 0 Å². The number of aromatic nitrogens is 2. The van der Waals surface area contributed by atoms with Crippen LogP contribution in [0.2, 0.25) is 0 Å². The summed E-state index contributed by atoms with van der Waals surface area (Å²) in [5.74, 6) is 1.63. The first kappa shape index (κ1) is 10.9. The van der Waals surface area contributed by atoms with E-state index in [2.05, 4.69) is 37.7 Å². The maximum absolute atomic E-state index is 4.50. The summed E-state index contributed by atoms with van der Waals surface area (Å²) in [6, 6.07) is 0. The minimum absolute atomic E-state index is 0.756. The number of anilines is 1. The standard InChI is InChI=1S/C11H16BrN3/c1-8-4-3-5-15(7-8)11-13-6-10(12)9(2)14-11/h6,8H,3-5,7H2,1-2H3. The minimum atomic E-state index is 0.756. The highest BCUT2D eigenvalue weighted by atomic mass is 79.9.